The predicted octanol–water partition coefficient (Wildman–Crippen LogP) is 2.30. The van der Waals surface area contributed by atoms with Gasteiger partial charge in [-0.1, -0.05) is 6.07 Å². The van der Waals surface area contributed by atoms with Crippen LogP contribution in [0.5, 0.6) is 0 Å². The zero-order valence-electron chi connectivity index (χ0n) is 11.3. The molecule has 1 aromatic carbocycles. The highest BCUT2D eigenvalue weighted by Gasteiger charge is 2.14. The van der Waals surface area contributed by atoms with Crippen LogP contribution in [0.3, 0.4) is 0 Å². The summed E-state index contributed by atoms with van der Waals surface area (Å²) in [5, 5.41) is 4.12. The van der Waals surface area contributed by atoms with Crippen molar-refractivity contribution in [2.45, 2.75) is 6.42 Å². The summed E-state index contributed by atoms with van der Waals surface area (Å²) in [5.41, 5.74) is 3.52. The molecule has 0 aliphatic heterocycles. The standard InChI is InChI=1S/C14H13IN4O2/c1-19-7-10(13(15)18-19)14(20)21-5-4-9-2-3-11-12(6-9)17-8-16-11/h2-3,6-8H,4-5H2,1H3,(H,16,17). The quantitative estimate of drug-likeness (QED) is 0.543. The highest BCUT2D eigenvalue weighted by molar-refractivity contribution is 14.1. The Morgan fingerprint density at radius 3 is 3.10 bits per heavy atom. The summed E-state index contributed by atoms with van der Waals surface area (Å²) in [5.74, 6) is -0.338. The van der Waals surface area contributed by atoms with Gasteiger partial charge < -0.3 is 9.72 Å². The van der Waals surface area contributed by atoms with E-state index in [0.29, 0.717) is 22.3 Å². The Morgan fingerprint density at radius 2 is 2.33 bits per heavy atom. The number of aryl methyl sites for hydroxylation is 1. The number of aromatic nitrogens is 4. The molecule has 7 heteroatoms. The van der Waals surface area contributed by atoms with Gasteiger partial charge >= 0.3 is 5.97 Å². The third kappa shape index (κ3) is 3.07. The molecule has 0 radical (unpaired) electrons. The van der Waals surface area contributed by atoms with Crippen molar-refractivity contribution in [3.63, 3.8) is 0 Å². The lowest BCUT2D eigenvalue weighted by Crippen LogP contribution is -2.08. The first-order valence-corrected chi connectivity index (χ1v) is 7.49. The number of hydrogen-bond acceptors (Lipinski definition) is 4. The van der Waals surface area contributed by atoms with Crippen LogP contribution in [0.1, 0.15) is 15.9 Å². The van der Waals surface area contributed by atoms with Gasteiger partial charge in [0.25, 0.3) is 0 Å². The number of benzene rings is 1. The third-order valence-corrected chi connectivity index (χ3v) is 3.91. The van der Waals surface area contributed by atoms with E-state index in [9.17, 15) is 4.79 Å². The number of aromatic amines is 1. The average Bonchev–Trinajstić information content (AvgIpc) is 3.04. The highest BCUT2D eigenvalue weighted by atomic mass is 127. The molecule has 0 spiro atoms. The molecule has 108 valence electrons. The number of carbonyl (C=O) groups excluding carboxylic acids is 1. The SMILES string of the molecule is Cn1cc(C(=O)OCCc2ccc3nc[nH]c3c2)c(I)n1. The highest BCUT2D eigenvalue weighted by Crippen LogP contribution is 2.13. The minimum atomic E-state index is -0.338. The third-order valence-electron chi connectivity index (χ3n) is 3.11. The van der Waals surface area contributed by atoms with Gasteiger partial charge in [-0.15, -0.1) is 0 Å². The van der Waals surface area contributed by atoms with Crippen LogP contribution < -0.4 is 0 Å². The lowest BCUT2D eigenvalue weighted by Gasteiger charge is -2.04. The van der Waals surface area contributed by atoms with Crippen LogP contribution in [0.25, 0.3) is 11.0 Å². The van der Waals surface area contributed by atoms with E-state index in [1.807, 2.05) is 40.8 Å². The maximum absolute atomic E-state index is 11.9. The number of hydrogen-bond donors (Lipinski definition) is 1. The first-order valence-electron chi connectivity index (χ1n) is 6.42. The predicted molar refractivity (Wildman–Crippen MR) is 86.0 cm³/mol. The van der Waals surface area contributed by atoms with Gasteiger partial charge in [0.05, 0.1) is 24.0 Å². The molecule has 0 fully saturated rings. The molecule has 1 N–H and O–H groups in total. The molecule has 2 aromatic heterocycles. The first-order chi connectivity index (χ1) is 10.1. The monoisotopic (exact) mass is 396 g/mol. The van der Waals surface area contributed by atoms with Gasteiger partial charge in [-0.25, -0.2) is 9.78 Å². The van der Waals surface area contributed by atoms with Gasteiger partial charge in [0.2, 0.25) is 0 Å². The maximum Gasteiger partial charge on any atom is 0.342 e. The van der Waals surface area contributed by atoms with Crippen LogP contribution in [0.2, 0.25) is 0 Å². The Labute approximate surface area is 134 Å². The molecule has 0 atom stereocenters. The summed E-state index contributed by atoms with van der Waals surface area (Å²) in [6.45, 7) is 0.337. The Balaban J connectivity index is 1.60. The number of nitrogens with zero attached hydrogens (tertiary/aromatic N) is 3. The molecule has 2 heterocycles. The Hall–Kier alpha value is -1.90. The average molecular weight is 396 g/mol. The van der Waals surface area contributed by atoms with Gasteiger partial charge in [-0.05, 0) is 40.3 Å². The van der Waals surface area contributed by atoms with Crippen molar-refractivity contribution in [3.05, 3.63) is 45.6 Å². The molecular formula is C14H13IN4O2. The Bertz CT molecular complexity index is 793. The molecule has 0 aliphatic rings. The molecule has 0 bridgehead atoms. The molecule has 0 saturated carbocycles. The second-order valence-electron chi connectivity index (χ2n) is 4.65. The number of ether oxygens (including phenoxy) is 1. The molecule has 0 aliphatic carbocycles. The van der Waals surface area contributed by atoms with Gasteiger partial charge in [-0.3, -0.25) is 4.68 Å². The Morgan fingerprint density at radius 1 is 1.48 bits per heavy atom. The zero-order chi connectivity index (χ0) is 14.8. The summed E-state index contributed by atoms with van der Waals surface area (Å²) in [7, 11) is 1.78. The largest absolute Gasteiger partial charge is 0.462 e. The van der Waals surface area contributed by atoms with E-state index >= 15 is 0 Å². The fourth-order valence-corrected chi connectivity index (χ4v) is 2.78. The number of halogens is 1. The molecule has 6 nitrogen and oxygen atoms in total. The molecule has 3 aromatic rings. The molecule has 0 amide bonds. The van der Waals surface area contributed by atoms with Crippen molar-refractivity contribution in [2.24, 2.45) is 7.05 Å². The van der Waals surface area contributed by atoms with Gasteiger partial charge in [0, 0.05) is 19.7 Å². The Kier molecular flexibility index (Phi) is 3.91. The van der Waals surface area contributed by atoms with E-state index in [1.165, 1.54) is 0 Å². The van der Waals surface area contributed by atoms with Crippen molar-refractivity contribution in [2.75, 3.05) is 6.61 Å². The maximum atomic E-state index is 11.9. The zero-order valence-corrected chi connectivity index (χ0v) is 13.5. The van der Waals surface area contributed by atoms with Gasteiger partial charge in [-0.2, -0.15) is 5.10 Å². The number of esters is 1. The van der Waals surface area contributed by atoms with Crippen LogP contribution >= 0.6 is 22.6 Å². The van der Waals surface area contributed by atoms with Crippen molar-refractivity contribution < 1.29 is 9.53 Å². The van der Waals surface area contributed by atoms with E-state index in [1.54, 1.807) is 24.3 Å². The molecule has 0 saturated heterocycles. The van der Waals surface area contributed by atoms with Crippen molar-refractivity contribution >= 4 is 39.6 Å². The normalized spacial score (nSPS) is 11.0. The summed E-state index contributed by atoms with van der Waals surface area (Å²) in [6.07, 6.45) is 4.00. The minimum Gasteiger partial charge on any atom is -0.462 e. The molecule has 21 heavy (non-hydrogen) atoms. The second-order valence-corrected chi connectivity index (χ2v) is 5.67. The van der Waals surface area contributed by atoms with E-state index in [0.717, 1.165) is 16.6 Å². The number of nitrogens with one attached hydrogen (secondary N) is 1. The van der Waals surface area contributed by atoms with Crippen LogP contribution in [0.15, 0.2) is 30.7 Å². The van der Waals surface area contributed by atoms with E-state index < -0.39 is 0 Å². The fourth-order valence-electron chi connectivity index (χ4n) is 2.08. The van der Waals surface area contributed by atoms with Crippen molar-refractivity contribution in [1.82, 2.24) is 19.7 Å². The second kappa shape index (κ2) is 5.84. The topological polar surface area (TPSA) is 72.8 Å². The summed E-state index contributed by atoms with van der Waals surface area (Å²) >= 11 is 2.02. The first kappa shape index (κ1) is 14.1. The van der Waals surface area contributed by atoms with E-state index in [-0.39, 0.29) is 5.97 Å². The smallest absolute Gasteiger partial charge is 0.342 e. The lowest BCUT2D eigenvalue weighted by molar-refractivity contribution is 0.0508. The van der Waals surface area contributed by atoms with Crippen molar-refractivity contribution in [3.8, 4) is 0 Å². The summed E-state index contributed by atoms with van der Waals surface area (Å²) < 4.78 is 7.55. The number of rotatable bonds is 4. The van der Waals surface area contributed by atoms with Gasteiger partial charge in [0.15, 0.2) is 0 Å². The van der Waals surface area contributed by atoms with Gasteiger partial charge in [0.1, 0.15) is 9.26 Å². The minimum absolute atomic E-state index is 0.337. The number of imidazole rings is 1. The van der Waals surface area contributed by atoms with Crippen LogP contribution in [0, 0.1) is 3.70 Å². The fraction of sp³-hybridized carbons (Fsp3) is 0.214. The molecular weight excluding hydrogens is 383 g/mol. The van der Waals surface area contributed by atoms with E-state index in [4.69, 9.17) is 4.74 Å². The molecule has 0 unspecified atom stereocenters. The van der Waals surface area contributed by atoms with Crippen LogP contribution in [-0.4, -0.2) is 32.3 Å². The summed E-state index contributed by atoms with van der Waals surface area (Å²) in [4.78, 5) is 19.2. The molecule has 3 rings (SSSR count). The van der Waals surface area contributed by atoms with Crippen LogP contribution in [-0.2, 0) is 18.2 Å². The van der Waals surface area contributed by atoms with Crippen LogP contribution in [0.4, 0.5) is 0 Å². The van der Waals surface area contributed by atoms with E-state index in [2.05, 4.69) is 15.1 Å². The lowest BCUT2D eigenvalue weighted by atomic mass is 10.1. The number of H-pyrrole nitrogens is 1. The number of carbonyl (C=O) groups is 1. The summed E-state index contributed by atoms with van der Waals surface area (Å²) in [6, 6.07) is 5.96. The number of fused-ring (bicyclic) bond motifs is 1. The van der Waals surface area contributed by atoms with Crippen molar-refractivity contribution in [1.29, 1.82) is 0 Å².